The molecule has 0 saturated carbocycles. The van der Waals surface area contributed by atoms with E-state index in [9.17, 15) is 14.9 Å². The lowest BCUT2D eigenvalue weighted by atomic mass is 9.83. The SMILES string of the molecule is Cc1c(NC(=O)C(C)(C)c2ccccc2)cccc1[N+](=O)[O-]. The maximum absolute atomic E-state index is 12.6. The number of nitrogens with one attached hydrogen (secondary N) is 1. The minimum atomic E-state index is -0.738. The molecule has 0 aliphatic heterocycles. The first-order valence-electron chi connectivity index (χ1n) is 6.95. The van der Waals surface area contributed by atoms with Crippen molar-refractivity contribution in [3.05, 3.63) is 69.8 Å². The lowest BCUT2D eigenvalue weighted by molar-refractivity contribution is -0.385. The third-order valence-electron chi connectivity index (χ3n) is 3.81. The number of benzene rings is 2. The quantitative estimate of drug-likeness (QED) is 0.689. The predicted molar refractivity (Wildman–Crippen MR) is 85.9 cm³/mol. The molecule has 2 rings (SSSR count). The van der Waals surface area contributed by atoms with Gasteiger partial charge in [-0.25, -0.2) is 0 Å². The Hall–Kier alpha value is -2.69. The van der Waals surface area contributed by atoms with Crippen LogP contribution in [0.4, 0.5) is 11.4 Å². The number of carbonyl (C=O) groups is 1. The highest BCUT2D eigenvalue weighted by molar-refractivity contribution is 5.99. The second-order valence-electron chi connectivity index (χ2n) is 5.65. The van der Waals surface area contributed by atoms with Gasteiger partial charge in [0.1, 0.15) is 0 Å². The zero-order valence-electron chi connectivity index (χ0n) is 12.8. The highest BCUT2D eigenvalue weighted by Gasteiger charge is 2.30. The van der Waals surface area contributed by atoms with Crippen LogP contribution >= 0.6 is 0 Å². The van der Waals surface area contributed by atoms with Crippen LogP contribution in [0.15, 0.2) is 48.5 Å². The molecule has 5 nitrogen and oxygen atoms in total. The molecule has 5 heteroatoms. The number of nitro benzene ring substituents is 1. The van der Waals surface area contributed by atoms with Crippen LogP contribution in [0, 0.1) is 17.0 Å². The molecule has 0 bridgehead atoms. The van der Waals surface area contributed by atoms with E-state index in [1.165, 1.54) is 6.07 Å². The van der Waals surface area contributed by atoms with Crippen molar-refractivity contribution < 1.29 is 9.72 Å². The molecular weight excluding hydrogens is 280 g/mol. The first-order chi connectivity index (χ1) is 10.3. The molecule has 0 spiro atoms. The van der Waals surface area contributed by atoms with Gasteiger partial charge in [-0.15, -0.1) is 0 Å². The number of hydrogen-bond acceptors (Lipinski definition) is 3. The van der Waals surface area contributed by atoms with Gasteiger partial charge in [0.05, 0.1) is 21.6 Å². The maximum atomic E-state index is 12.6. The number of nitro groups is 1. The second-order valence-corrected chi connectivity index (χ2v) is 5.65. The van der Waals surface area contributed by atoms with E-state index < -0.39 is 10.3 Å². The van der Waals surface area contributed by atoms with Crippen molar-refractivity contribution in [2.24, 2.45) is 0 Å². The van der Waals surface area contributed by atoms with Gasteiger partial charge in [0, 0.05) is 6.07 Å². The summed E-state index contributed by atoms with van der Waals surface area (Å²) in [4.78, 5) is 23.1. The maximum Gasteiger partial charge on any atom is 0.274 e. The number of anilines is 1. The molecule has 0 aliphatic carbocycles. The molecule has 0 aromatic heterocycles. The van der Waals surface area contributed by atoms with Crippen molar-refractivity contribution in [3.63, 3.8) is 0 Å². The van der Waals surface area contributed by atoms with Crippen LogP contribution < -0.4 is 5.32 Å². The summed E-state index contributed by atoms with van der Waals surface area (Å²) in [6.07, 6.45) is 0. The molecule has 1 N–H and O–H groups in total. The van der Waals surface area contributed by atoms with Crippen LogP contribution in [0.1, 0.15) is 25.0 Å². The molecular formula is C17H18N2O3. The molecule has 0 aliphatic rings. The lowest BCUT2D eigenvalue weighted by Gasteiger charge is -2.24. The molecule has 0 heterocycles. The van der Waals surface area contributed by atoms with Crippen molar-refractivity contribution in [2.45, 2.75) is 26.2 Å². The summed E-state index contributed by atoms with van der Waals surface area (Å²) in [5, 5.41) is 13.8. The molecule has 2 aromatic carbocycles. The molecule has 0 radical (unpaired) electrons. The molecule has 0 fully saturated rings. The standard InChI is InChI=1S/C17H18N2O3/c1-12-14(10-7-11-15(12)19(21)22)18-16(20)17(2,3)13-8-5-4-6-9-13/h4-11H,1-3H3,(H,18,20). The van der Waals surface area contributed by atoms with Gasteiger partial charge in [-0.05, 0) is 32.4 Å². The summed E-state index contributed by atoms with van der Waals surface area (Å²) in [6.45, 7) is 5.28. The Morgan fingerprint density at radius 2 is 1.73 bits per heavy atom. The van der Waals surface area contributed by atoms with Crippen LogP contribution in [0.2, 0.25) is 0 Å². The van der Waals surface area contributed by atoms with Crippen LogP contribution in [0.5, 0.6) is 0 Å². The largest absolute Gasteiger partial charge is 0.325 e. The second kappa shape index (κ2) is 5.97. The van der Waals surface area contributed by atoms with E-state index in [-0.39, 0.29) is 11.6 Å². The zero-order valence-corrected chi connectivity index (χ0v) is 12.8. The number of nitrogens with zero attached hydrogens (tertiary/aromatic N) is 1. The van der Waals surface area contributed by atoms with E-state index in [1.807, 2.05) is 44.2 Å². The van der Waals surface area contributed by atoms with Crippen molar-refractivity contribution >= 4 is 17.3 Å². The Labute approximate surface area is 129 Å². The van der Waals surface area contributed by atoms with E-state index in [0.29, 0.717) is 11.3 Å². The highest BCUT2D eigenvalue weighted by atomic mass is 16.6. The molecule has 0 atom stereocenters. The van der Waals surface area contributed by atoms with Gasteiger partial charge < -0.3 is 5.32 Å². The van der Waals surface area contributed by atoms with Gasteiger partial charge in [0.25, 0.3) is 5.69 Å². The van der Waals surface area contributed by atoms with E-state index in [1.54, 1.807) is 19.1 Å². The predicted octanol–water partition coefficient (Wildman–Crippen LogP) is 3.82. The zero-order chi connectivity index (χ0) is 16.3. The van der Waals surface area contributed by atoms with Gasteiger partial charge in [0.2, 0.25) is 5.91 Å². The fraction of sp³-hybridized carbons (Fsp3) is 0.235. The molecule has 2 aromatic rings. The molecule has 114 valence electrons. The average molecular weight is 298 g/mol. The van der Waals surface area contributed by atoms with Gasteiger partial charge in [-0.2, -0.15) is 0 Å². The minimum Gasteiger partial charge on any atom is -0.325 e. The Balaban J connectivity index is 2.30. The summed E-state index contributed by atoms with van der Waals surface area (Å²) < 4.78 is 0. The smallest absolute Gasteiger partial charge is 0.274 e. The monoisotopic (exact) mass is 298 g/mol. The Bertz CT molecular complexity index is 709. The normalized spacial score (nSPS) is 11.0. The Morgan fingerprint density at radius 1 is 1.09 bits per heavy atom. The summed E-state index contributed by atoms with van der Waals surface area (Å²) in [5.74, 6) is -0.206. The third-order valence-corrected chi connectivity index (χ3v) is 3.81. The minimum absolute atomic E-state index is 0.00434. The Morgan fingerprint density at radius 3 is 2.32 bits per heavy atom. The van der Waals surface area contributed by atoms with E-state index in [2.05, 4.69) is 5.32 Å². The summed E-state index contributed by atoms with van der Waals surface area (Å²) in [7, 11) is 0. The summed E-state index contributed by atoms with van der Waals surface area (Å²) in [6, 6.07) is 14.1. The van der Waals surface area contributed by atoms with Crippen molar-refractivity contribution in [3.8, 4) is 0 Å². The fourth-order valence-electron chi connectivity index (χ4n) is 2.22. The third kappa shape index (κ3) is 2.98. The van der Waals surface area contributed by atoms with Crippen molar-refractivity contribution in [1.82, 2.24) is 0 Å². The lowest BCUT2D eigenvalue weighted by Crippen LogP contribution is -2.34. The van der Waals surface area contributed by atoms with Gasteiger partial charge in [-0.3, -0.25) is 14.9 Å². The fourth-order valence-corrected chi connectivity index (χ4v) is 2.22. The van der Waals surface area contributed by atoms with E-state index in [0.717, 1.165) is 5.56 Å². The number of carbonyl (C=O) groups excluding carboxylic acids is 1. The molecule has 0 unspecified atom stereocenters. The van der Waals surface area contributed by atoms with Gasteiger partial charge >= 0.3 is 0 Å². The van der Waals surface area contributed by atoms with Crippen LogP contribution in [-0.4, -0.2) is 10.8 Å². The van der Waals surface area contributed by atoms with Gasteiger partial charge in [0.15, 0.2) is 0 Å². The van der Waals surface area contributed by atoms with Crippen molar-refractivity contribution in [1.29, 1.82) is 0 Å². The van der Waals surface area contributed by atoms with Crippen LogP contribution in [-0.2, 0) is 10.2 Å². The number of amides is 1. The van der Waals surface area contributed by atoms with Crippen molar-refractivity contribution in [2.75, 3.05) is 5.32 Å². The van der Waals surface area contributed by atoms with Crippen LogP contribution in [0.25, 0.3) is 0 Å². The van der Waals surface area contributed by atoms with Gasteiger partial charge in [-0.1, -0.05) is 36.4 Å². The van der Waals surface area contributed by atoms with Crippen LogP contribution in [0.3, 0.4) is 0 Å². The molecule has 1 amide bonds. The average Bonchev–Trinajstić information content (AvgIpc) is 2.49. The Kier molecular flexibility index (Phi) is 4.26. The first-order valence-corrected chi connectivity index (χ1v) is 6.95. The summed E-state index contributed by atoms with van der Waals surface area (Å²) >= 11 is 0. The first kappa shape index (κ1) is 15.7. The number of rotatable bonds is 4. The van der Waals surface area contributed by atoms with E-state index >= 15 is 0 Å². The number of hydrogen-bond donors (Lipinski definition) is 1. The molecule has 22 heavy (non-hydrogen) atoms. The summed E-state index contributed by atoms with van der Waals surface area (Å²) in [5.41, 5.74) is 1.05. The molecule has 0 saturated heterocycles. The van der Waals surface area contributed by atoms with E-state index in [4.69, 9.17) is 0 Å². The topological polar surface area (TPSA) is 72.2 Å². The highest BCUT2D eigenvalue weighted by Crippen LogP contribution is 2.29.